The molecule has 1 aromatic rings. The number of benzene rings is 1. The minimum absolute atomic E-state index is 0.0445. The molecule has 4 rings (SSSR count). The average molecular weight is 516 g/mol. The molecule has 0 radical (unpaired) electrons. The lowest BCUT2D eigenvalue weighted by atomic mass is 9.85. The number of hydrazine groups is 1. The predicted octanol–water partition coefficient (Wildman–Crippen LogP) is 2.62. The number of amides is 5. The second-order valence-corrected chi connectivity index (χ2v) is 10.9. The number of carbonyl (C=O) groups excluding carboxylic acids is 4. The summed E-state index contributed by atoms with van der Waals surface area (Å²) in [6.07, 6.45) is 3.15. The fourth-order valence-corrected chi connectivity index (χ4v) is 5.07. The lowest BCUT2D eigenvalue weighted by molar-refractivity contribution is -0.140. The molecule has 1 unspecified atom stereocenters. The van der Waals surface area contributed by atoms with E-state index < -0.39 is 23.6 Å². The number of fused-ring (bicyclic) bond motifs is 2. The Hall–Kier alpha value is -3.34. The van der Waals surface area contributed by atoms with Gasteiger partial charge in [0.25, 0.3) is 5.91 Å². The van der Waals surface area contributed by atoms with E-state index in [1.54, 1.807) is 0 Å². The van der Waals surface area contributed by atoms with Gasteiger partial charge in [-0.1, -0.05) is 30.3 Å². The van der Waals surface area contributed by atoms with E-state index in [1.165, 1.54) is 9.96 Å². The van der Waals surface area contributed by atoms with Crippen molar-refractivity contribution in [3.63, 3.8) is 0 Å². The van der Waals surface area contributed by atoms with E-state index in [0.29, 0.717) is 45.1 Å². The van der Waals surface area contributed by atoms with Gasteiger partial charge >= 0.3 is 12.1 Å². The largest absolute Gasteiger partial charge is 0.444 e. The normalized spacial score (nSPS) is 25.4. The topological polar surface area (TPSA) is 129 Å². The lowest BCUT2D eigenvalue weighted by Gasteiger charge is -2.31. The second-order valence-electron chi connectivity index (χ2n) is 10.9. The summed E-state index contributed by atoms with van der Waals surface area (Å²) in [7, 11) is 0. The van der Waals surface area contributed by atoms with Gasteiger partial charge in [-0.25, -0.2) is 9.59 Å². The van der Waals surface area contributed by atoms with E-state index in [4.69, 9.17) is 9.57 Å². The molecule has 5 amide bonds. The number of piperidine rings is 1. The number of nitrogens with zero attached hydrogens (tertiary/aromatic N) is 2. The first-order chi connectivity index (χ1) is 17.6. The number of carbonyl (C=O) groups is 4. The fraction of sp³-hybridized carbons (Fsp3) is 0.615. The zero-order valence-electron chi connectivity index (χ0n) is 21.7. The number of hydroxylamine groups is 2. The van der Waals surface area contributed by atoms with Crippen molar-refractivity contribution >= 4 is 23.9 Å². The van der Waals surface area contributed by atoms with Crippen LogP contribution in [0.15, 0.2) is 30.3 Å². The Morgan fingerprint density at radius 1 is 0.946 bits per heavy atom. The molecule has 11 nitrogen and oxygen atoms in total. The molecule has 0 aromatic heterocycles. The smallest absolute Gasteiger partial charge is 0.407 e. The number of nitrogens with one attached hydrogen (secondary N) is 3. The third-order valence-corrected chi connectivity index (χ3v) is 6.97. The molecule has 3 fully saturated rings. The predicted molar refractivity (Wildman–Crippen MR) is 133 cm³/mol. The van der Waals surface area contributed by atoms with Crippen LogP contribution in [0.3, 0.4) is 0 Å². The fourth-order valence-electron chi connectivity index (χ4n) is 5.07. The Balaban J connectivity index is 1.19. The quantitative estimate of drug-likeness (QED) is 0.500. The van der Waals surface area contributed by atoms with E-state index in [0.717, 1.165) is 5.56 Å². The minimum Gasteiger partial charge on any atom is -0.444 e. The highest BCUT2D eigenvalue weighted by Gasteiger charge is 2.48. The molecule has 202 valence electrons. The maximum Gasteiger partial charge on any atom is 0.407 e. The number of rotatable bonds is 6. The molecule has 2 atom stereocenters. The molecule has 37 heavy (non-hydrogen) atoms. The van der Waals surface area contributed by atoms with Crippen LogP contribution in [0.2, 0.25) is 0 Å². The highest BCUT2D eigenvalue weighted by Crippen LogP contribution is 2.30. The summed E-state index contributed by atoms with van der Waals surface area (Å²) in [4.78, 5) is 57.7. The van der Waals surface area contributed by atoms with Gasteiger partial charge in [0.2, 0.25) is 5.91 Å². The van der Waals surface area contributed by atoms with Crippen molar-refractivity contribution in [3.05, 3.63) is 35.9 Å². The number of hydrogen-bond donors (Lipinski definition) is 3. The first-order valence-corrected chi connectivity index (χ1v) is 13.0. The maximum atomic E-state index is 12.9. The van der Waals surface area contributed by atoms with E-state index >= 15 is 0 Å². The van der Waals surface area contributed by atoms with Gasteiger partial charge in [-0.15, -0.1) is 0 Å². The monoisotopic (exact) mass is 515 g/mol. The summed E-state index contributed by atoms with van der Waals surface area (Å²) < 4.78 is 5.29. The summed E-state index contributed by atoms with van der Waals surface area (Å²) >= 11 is 0. The van der Waals surface area contributed by atoms with Crippen LogP contribution in [0, 0.1) is 5.92 Å². The van der Waals surface area contributed by atoms with Crippen molar-refractivity contribution in [1.82, 2.24) is 26.1 Å². The van der Waals surface area contributed by atoms with Gasteiger partial charge in [-0.2, -0.15) is 5.06 Å². The molecule has 1 aromatic carbocycles. The van der Waals surface area contributed by atoms with Crippen LogP contribution in [-0.4, -0.2) is 64.2 Å². The maximum absolute atomic E-state index is 12.9. The molecule has 2 bridgehead atoms. The number of alkyl carbamates (subject to hydrolysis) is 1. The van der Waals surface area contributed by atoms with Crippen molar-refractivity contribution in [1.29, 1.82) is 0 Å². The molecule has 1 saturated carbocycles. The van der Waals surface area contributed by atoms with Gasteiger partial charge in [0.05, 0.1) is 6.04 Å². The summed E-state index contributed by atoms with van der Waals surface area (Å²) in [6, 6.07) is 8.45. The van der Waals surface area contributed by atoms with Crippen LogP contribution in [0.5, 0.6) is 0 Å². The Morgan fingerprint density at radius 2 is 1.62 bits per heavy atom. The van der Waals surface area contributed by atoms with Crippen molar-refractivity contribution in [3.8, 4) is 0 Å². The summed E-state index contributed by atoms with van der Waals surface area (Å²) in [5, 5.41) is 4.23. The third-order valence-electron chi connectivity index (χ3n) is 6.97. The zero-order valence-corrected chi connectivity index (χ0v) is 21.7. The summed E-state index contributed by atoms with van der Waals surface area (Å²) in [6.45, 7) is 6.11. The van der Waals surface area contributed by atoms with E-state index in [1.807, 2.05) is 51.1 Å². The average Bonchev–Trinajstić information content (AvgIpc) is 3.10. The van der Waals surface area contributed by atoms with E-state index in [9.17, 15) is 19.2 Å². The van der Waals surface area contributed by atoms with Gasteiger partial charge in [-0.05, 0) is 64.9 Å². The van der Waals surface area contributed by atoms with Crippen LogP contribution in [0.25, 0.3) is 0 Å². The van der Waals surface area contributed by atoms with Crippen LogP contribution in [0.4, 0.5) is 9.59 Å². The lowest BCUT2D eigenvalue weighted by Crippen LogP contribution is -2.55. The summed E-state index contributed by atoms with van der Waals surface area (Å²) in [5.41, 5.74) is 5.44. The Labute approximate surface area is 217 Å². The number of hydrogen-bond acceptors (Lipinski definition) is 6. The molecule has 2 saturated heterocycles. The summed E-state index contributed by atoms with van der Waals surface area (Å²) in [5.74, 6) is -0.938. The standard InChI is InChI=1S/C26H37N5O6/c1-26(2,3)37-24(34)27-19-11-9-18(10-12-19)22(32)28-29-23(33)21-14-13-20-15-30(21)25(35)31(20)36-16-17-7-5-4-6-8-17/h4-8,18-21H,9-16H2,1-3H3,(H,27,34)(H,28,32)(H,29,33)/t18-,19+,20?,21-/m0/s1. The van der Waals surface area contributed by atoms with Crippen molar-refractivity contribution < 1.29 is 28.8 Å². The van der Waals surface area contributed by atoms with Crippen molar-refractivity contribution in [2.45, 2.75) is 89.6 Å². The highest BCUT2D eigenvalue weighted by molar-refractivity contribution is 5.90. The Morgan fingerprint density at radius 3 is 2.30 bits per heavy atom. The highest BCUT2D eigenvalue weighted by atomic mass is 16.7. The molecule has 0 spiro atoms. The first-order valence-electron chi connectivity index (χ1n) is 13.0. The molecule has 2 heterocycles. The van der Waals surface area contributed by atoms with Crippen LogP contribution in [-0.2, 0) is 25.8 Å². The SMILES string of the molecule is CC(C)(C)OC(=O)N[C@H]1CC[C@@H](C(=O)NNC(=O)[C@@H]2CCC3CN2C(=O)N3OCc2ccccc2)CC1. The first kappa shape index (κ1) is 26.7. The number of ether oxygens (including phenoxy) is 1. The van der Waals surface area contributed by atoms with Gasteiger partial charge in [-0.3, -0.25) is 25.3 Å². The van der Waals surface area contributed by atoms with Gasteiger partial charge < -0.3 is 15.0 Å². The molecular formula is C26H37N5O6. The van der Waals surface area contributed by atoms with Crippen LogP contribution < -0.4 is 16.2 Å². The van der Waals surface area contributed by atoms with Gasteiger partial charge in [0.1, 0.15) is 18.2 Å². The van der Waals surface area contributed by atoms with E-state index in [-0.39, 0.29) is 36.5 Å². The Bertz CT molecular complexity index is 989. The van der Waals surface area contributed by atoms with Crippen LogP contribution >= 0.6 is 0 Å². The third kappa shape index (κ3) is 6.91. The van der Waals surface area contributed by atoms with Gasteiger partial charge in [0, 0.05) is 18.5 Å². The molecule has 1 aliphatic carbocycles. The Kier molecular flexibility index (Phi) is 8.21. The van der Waals surface area contributed by atoms with Crippen LogP contribution in [0.1, 0.15) is 64.9 Å². The molecule has 3 N–H and O–H groups in total. The molecule has 2 aliphatic heterocycles. The van der Waals surface area contributed by atoms with Crippen molar-refractivity contribution in [2.75, 3.05) is 6.54 Å². The van der Waals surface area contributed by atoms with E-state index in [2.05, 4.69) is 16.2 Å². The van der Waals surface area contributed by atoms with Gasteiger partial charge in [0.15, 0.2) is 0 Å². The second kappa shape index (κ2) is 11.4. The molecule has 11 heteroatoms. The zero-order chi connectivity index (χ0) is 26.6. The molecular weight excluding hydrogens is 478 g/mol. The van der Waals surface area contributed by atoms with Crippen molar-refractivity contribution in [2.24, 2.45) is 5.92 Å². The number of urea groups is 1. The minimum atomic E-state index is -0.664. The molecule has 3 aliphatic rings.